The van der Waals surface area contributed by atoms with E-state index in [0.717, 1.165) is 0 Å². The molecule has 1 saturated heterocycles. The van der Waals surface area contributed by atoms with Crippen molar-refractivity contribution in [1.29, 1.82) is 0 Å². The number of fused-ring (bicyclic) bond motifs is 1. The Morgan fingerprint density at radius 1 is 1.37 bits per heavy atom. The first-order valence-electron chi connectivity index (χ1n) is 10.1. The monoisotopic (exact) mass is 424 g/mol. The lowest BCUT2D eigenvalue weighted by Crippen LogP contribution is -2.51. The molecule has 1 aliphatic carbocycles. The van der Waals surface area contributed by atoms with Crippen molar-refractivity contribution in [2.45, 2.75) is 63.9 Å². The highest BCUT2D eigenvalue weighted by molar-refractivity contribution is 5.92. The molecule has 6 unspecified atom stereocenters. The number of carbonyl (C=O) groups excluding carboxylic acids is 3. The van der Waals surface area contributed by atoms with Crippen molar-refractivity contribution < 1.29 is 38.4 Å². The molecule has 8 heteroatoms. The molecule has 0 aromatic rings. The first kappa shape index (κ1) is 24.2. The van der Waals surface area contributed by atoms with Crippen LogP contribution in [0.4, 0.5) is 0 Å². The third kappa shape index (κ3) is 4.82. The second-order valence-electron chi connectivity index (χ2n) is 8.14. The summed E-state index contributed by atoms with van der Waals surface area (Å²) in [5.74, 6) is -2.74. The molecule has 1 aliphatic heterocycles. The van der Waals surface area contributed by atoms with E-state index < -0.39 is 54.3 Å². The zero-order chi connectivity index (χ0) is 22.6. The summed E-state index contributed by atoms with van der Waals surface area (Å²) in [6, 6.07) is 0. The van der Waals surface area contributed by atoms with Gasteiger partial charge in [-0.3, -0.25) is 4.79 Å². The number of aliphatic hydroxyl groups is 1. The summed E-state index contributed by atoms with van der Waals surface area (Å²) < 4.78 is 22.6. The van der Waals surface area contributed by atoms with Gasteiger partial charge in [0.25, 0.3) is 0 Å². The number of methoxy groups -OCH3 is 2. The third-order valence-corrected chi connectivity index (χ3v) is 6.36. The van der Waals surface area contributed by atoms with Crippen LogP contribution in [-0.2, 0) is 33.3 Å². The maximum absolute atomic E-state index is 12.8. The van der Waals surface area contributed by atoms with Gasteiger partial charge in [0.1, 0.15) is 18.0 Å². The van der Waals surface area contributed by atoms with E-state index in [1.165, 1.54) is 14.2 Å². The van der Waals surface area contributed by atoms with Crippen molar-refractivity contribution in [3.8, 4) is 0 Å². The zero-order valence-corrected chi connectivity index (χ0v) is 18.3. The molecule has 1 saturated carbocycles. The number of rotatable bonds is 5. The minimum absolute atomic E-state index is 0.00685. The fourth-order valence-electron chi connectivity index (χ4n) is 4.13. The van der Waals surface area contributed by atoms with E-state index in [9.17, 15) is 19.5 Å². The number of esters is 2. The predicted molar refractivity (Wildman–Crippen MR) is 107 cm³/mol. The lowest BCUT2D eigenvalue weighted by molar-refractivity contribution is -0.168. The molecule has 2 aliphatic rings. The number of ether oxygens (including phenoxy) is 4. The molecule has 1 heterocycles. The highest BCUT2D eigenvalue weighted by atomic mass is 16.6. The topological polar surface area (TPSA) is 108 Å². The van der Waals surface area contributed by atoms with Gasteiger partial charge in [0, 0.05) is 44.1 Å². The molecular weight excluding hydrogens is 392 g/mol. The van der Waals surface area contributed by atoms with Gasteiger partial charge in [-0.05, 0) is 27.2 Å². The predicted octanol–water partition coefficient (Wildman–Crippen LogP) is 1.74. The van der Waals surface area contributed by atoms with Crippen molar-refractivity contribution >= 4 is 17.7 Å². The summed E-state index contributed by atoms with van der Waals surface area (Å²) >= 11 is 0. The summed E-state index contributed by atoms with van der Waals surface area (Å²) in [5, 5.41) is 9.81. The van der Waals surface area contributed by atoms with Crippen LogP contribution < -0.4 is 0 Å². The van der Waals surface area contributed by atoms with Crippen LogP contribution in [0.1, 0.15) is 40.0 Å². The number of allylic oxidation sites excluding steroid dienone is 1. The fraction of sp³-hybridized carbons (Fsp3) is 0.682. The lowest BCUT2D eigenvalue weighted by Gasteiger charge is -2.41. The molecule has 1 N–H and O–H groups in total. The van der Waals surface area contributed by atoms with Crippen LogP contribution in [0.5, 0.6) is 0 Å². The minimum Gasteiger partial charge on any atom is -0.458 e. The van der Waals surface area contributed by atoms with Gasteiger partial charge in [0.2, 0.25) is 0 Å². The van der Waals surface area contributed by atoms with E-state index in [-0.39, 0.29) is 30.6 Å². The fourth-order valence-corrected chi connectivity index (χ4v) is 4.13. The molecule has 0 aromatic carbocycles. The Balaban J connectivity index is 2.55. The van der Waals surface area contributed by atoms with E-state index in [1.807, 2.05) is 0 Å². The Kier molecular flexibility index (Phi) is 7.96. The molecule has 2 rings (SSSR count). The molecule has 168 valence electrons. The molecular formula is C22H32O8. The van der Waals surface area contributed by atoms with E-state index in [0.29, 0.717) is 5.57 Å². The molecule has 0 radical (unpaired) electrons. The van der Waals surface area contributed by atoms with Gasteiger partial charge < -0.3 is 24.1 Å². The summed E-state index contributed by atoms with van der Waals surface area (Å²) in [7, 11) is 2.97. The Bertz CT molecular complexity index is 727. The van der Waals surface area contributed by atoms with Crippen molar-refractivity contribution in [2.75, 3.05) is 20.8 Å². The van der Waals surface area contributed by atoms with Crippen LogP contribution in [0.25, 0.3) is 0 Å². The first-order valence-corrected chi connectivity index (χ1v) is 10.1. The number of aliphatic hydroxyl groups excluding tert-OH is 1. The van der Waals surface area contributed by atoms with Gasteiger partial charge in [-0.15, -0.1) is 0 Å². The summed E-state index contributed by atoms with van der Waals surface area (Å²) in [5.41, 5.74) is -0.411. The normalized spacial score (nSPS) is 35.6. The Morgan fingerprint density at radius 3 is 2.57 bits per heavy atom. The molecule has 6 atom stereocenters. The van der Waals surface area contributed by atoms with Gasteiger partial charge in [-0.1, -0.05) is 12.7 Å². The SMILES string of the molecule is C=C1C(=O)OC2CC(CO)C(=O)CC(OC)C(C)(OC)CC(OC(=O)C(C)=CC)C12. The number of hydrogen-bond donors (Lipinski definition) is 1. The Hall–Kier alpha value is -2.03. The zero-order valence-electron chi connectivity index (χ0n) is 18.3. The largest absolute Gasteiger partial charge is 0.458 e. The summed E-state index contributed by atoms with van der Waals surface area (Å²) in [6.07, 6.45) is -0.260. The van der Waals surface area contributed by atoms with Crippen LogP contribution in [0, 0.1) is 11.8 Å². The summed E-state index contributed by atoms with van der Waals surface area (Å²) in [4.78, 5) is 37.7. The minimum atomic E-state index is -1.01. The van der Waals surface area contributed by atoms with Crippen molar-refractivity contribution in [3.63, 3.8) is 0 Å². The second-order valence-corrected chi connectivity index (χ2v) is 8.14. The van der Waals surface area contributed by atoms with Gasteiger partial charge >= 0.3 is 11.9 Å². The maximum Gasteiger partial charge on any atom is 0.334 e. The van der Waals surface area contributed by atoms with Crippen LogP contribution in [0.2, 0.25) is 0 Å². The number of Topliss-reactive ketones (excluding diaryl/α,β-unsaturated/α-hetero) is 1. The quantitative estimate of drug-likeness (QED) is 0.525. The molecule has 0 spiro atoms. The molecule has 8 nitrogen and oxygen atoms in total. The molecule has 2 fully saturated rings. The lowest BCUT2D eigenvalue weighted by atomic mass is 9.76. The molecule has 30 heavy (non-hydrogen) atoms. The van der Waals surface area contributed by atoms with E-state index in [2.05, 4.69) is 6.58 Å². The average molecular weight is 424 g/mol. The smallest absolute Gasteiger partial charge is 0.334 e. The number of hydrogen-bond acceptors (Lipinski definition) is 8. The van der Waals surface area contributed by atoms with Crippen LogP contribution in [0.3, 0.4) is 0 Å². The van der Waals surface area contributed by atoms with Crippen molar-refractivity contribution in [2.24, 2.45) is 11.8 Å². The second kappa shape index (κ2) is 9.85. The molecule has 0 bridgehead atoms. The van der Waals surface area contributed by atoms with Gasteiger partial charge in [-0.25, -0.2) is 9.59 Å². The third-order valence-electron chi connectivity index (χ3n) is 6.36. The highest BCUT2D eigenvalue weighted by Crippen LogP contribution is 2.41. The Morgan fingerprint density at radius 2 is 2.03 bits per heavy atom. The van der Waals surface area contributed by atoms with Gasteiger partial charge in [0.05, 0.1) is 24.2 Å². The van der Waals surface area contributed by atoms with Crippen molar-refractivity contribution in [1.82, 2.24) is 0 Å². The molecule has 0 amide bonds. The van der Waals surface area contributed by atoms with Gasteiger partial charge in [-0.2, -0.15) is 0 Å². The highest BCUT2D eigenvalue weighted by Gasteiger charge is 2.51. The molecule has 0 aromatic heterocycles. The first-order chi connectivity index (χ1) is 14.1. The van der Waals surface area contributed by atoms with E-state index in [1.54, 1.807) is 26.8 Å². The summed E-state index contributed by atoms with van der Waals surface area (Å²) in [6.45, 7) is 8.59. The van der Waals surface area contributed by atoms with E-state index in [4.69, 9.17) is 18.9 Å². The van der Waals surface area contributed by atoms with E-state index >= 15 is 0 Å². The number of carbonyl (C=O) groups is 3. The number of ketones is 1. The maximum atomic E-state index is 12.8. The average Bonchev–Trinajstić information content (AvgIpc) is 3.01. The van der Waals surface area contributed by atoms with Crippen LogP contribution >= 0.6 is 0 Å². The van der Waals surface area contributed by atoms with Crippen molar-refractivity contribution in [3.05, 3.63) is 23.8 Å². The van der Waals surface area contributed by atoms with Crippen LogP contribution in [-0.4, -0.2) is 67.6 Å². The Labute approximate surface area is 177 Å². The van der Waals surface area contributed by atoms with Gasteiger partial charge in [0.15, 0.2) is 0 Å². The standard InChI is InChI=1S/C22H32O8/c1-7-12(2)20(25)30-17-10-22(4,28-6)18(27-5)9-15(24)14(11-23)8-16-19(17)13(3)21(26)29-16/h7,14,16-19,23H,3,8-11H2,1-2,4-6H3. The van der Waals surface area contributed by atoms with Crippen LogP contribution in [0.15, 0.2) is 23.8 Å².